The highest BCUT2D eigenvalue weighted by Gasteiger charge is 2.08. The Morgan fingerprint density at radius 2 is 0.913 bits per heavy atom. The maximum atomic E-state index is 3.39. The lowest BCUT2D eigenvalue weighted by Crippen LogP contribution is -1.87. The Bertz CT molecular complexity index is 718. The SMILES string of the molecule is C(#Cc1ccccc1)C1=C(C#Cc2ccccc2)CCCCC1. The number of allylic oxidation sites excluding steroid dienone is 2. The van der Waals surface area contributed by atoms with Crippen molar-refractivity contribution in [2.45, 2.75) is 32.1 Å². The number of benzene rings is 2. The zero-order chi connectivity index (χ0) is 15.7. The van der Waals surface area contributed by atoms with E-state index in [0.717, 1.165) is 24.0 Å². The lowest BCUT2D eigenvalue weighted by atomic mass is 10.0. The molecular formula is C23H20. The third-order valence-corrected chi connectivity index (χ3v) is 3.98. The highest BCUT2D eigenvalue weighted by molar-refractivity contribution is 5.49. The van der Waals surface area contributed by atoms with Crippen molar-refractivity contribution in [2.24, 2.45) is 0 Å². The maximum absolute atomic E-state index is 3.39. The average Bonchev–Trinajstić information content (AvgIpc) is 2.85. The van der Waals surface area contributed by atoms with Gasteiger partial charge < -0.3 is 0 Å². The van der Waals surface area contributed by atoms with Gasteiger partial charge in [0.05, 0.1) is 0 Å². The van der Waals surface area contributed by atoms with E-state index in [4.69, 9.17) is 0 Å². The van der Waals surface area contributed by atoms with Gasteiger partial charge in [-0.1, -0.05) is 66.5 Å². The van der Waals surface area contributed by atoms with Gasteiger partial charge in [0.15, 0.2) is 0 Å². The molecule has 1 aliphatic carbocycles. The molecule has 0 nitrogen and oxygen atoms in total. The van der Waals surface area contributed by atoms with Crippen molar-refractivity contribution in [2.75, 3.05) is 0 Å². The van der Waals surface area contributed by atoms with Crippen LogP contribution in [-0.2, 0) is 0 Å². The van der Waals surface area contributed by atoms with Gasteiger partial charge in [-0.15, -0.1) is 0 Å². The van der Waals surface area contributed by atoms with E-state index in [-0.39, 0.29) is 0 Å². The first-order chi connectivity index (χ1) is 11.4. The Kier molecular flexibility index (Phi) is 5.34. The van der Waals surface area contributed by atoms with Gasteiger partial charge in [-0.3, -0.25) is 0 Å². The van der Waals surface area contributed by atoms with E-state index < -0.39 is 0 Å². The van der Waals surface area contributed by atoms with E-state index in [2.05, 4.69) is 47.9 Å². The number of hydrogen-bond donors (Lipinski definition) is 0. The van der Waals surface area contributed by atoms with Gasteiger partial charge in [-0.25, -0.2) is 0 Å². The van der Waals surface area contributed by atoms with E-state index in [1.54, 1.807) is 0 Å². The van der Waals surface area contributed by atoms with Crippen LogP contribution in [0, 0.1) is 23.7 Å². The third kappa shape index (κ3) is 4.64. The smallest absolute Gasteiger partial charge is 0.0248 e. The van der Waals surface area contributed by atoms with Crippen molar-refractivity contribution in [3.8, 4) is 23.7 Å². The van der Waals surface area contributed by atoms with Gasteiger partial charge in [-0.2, -0.15) is 0 Å². The van der Waals surface area contributed by atoms with Crippen molar-refractivity contribution in [3.63, 3.8) is 0 Å². The first-order valence-corrected chi connectivity index (χ1v) is 8.28. The molecule has 0 atom stereocenters. The molecule has 0 unspecified atom stereocenters. The zero-order valence-electron chi connectivity index (χ0n) is 13.3. The summed E-state index contributed by atoms with van der Waals surface area (Å²) in [6.45, 7) is 0. The van der Waals surface area contributed by atoms with Gasteiger partial charge in [0.25, 0.3) is 0 Å². The summed E-state index contributed by atoms with van der Waals surface area (Å²) in [5.74, 6) is 13.4. The second-order valence-electron chi connectivity index (χ2n) is 5.75. The molecule has 2 aromatic carbocycles. The Balaban J connectivity index is 1.90. The molecule has 0 spiro atoms. The summed E-state index contributed by atoms with van der Waals surface area (Å²) in [6.07, 6.45) is 5.81. The molecule has 0 fully saturated rings. The molecule has 0 heterocycles. The standard InChI is InChI=1S/C23H20/c1-4-10-20(11-5-1)16-18-22-14-8-3-9-15-23(22)19-17-21-12-6-2-7-13-21/h1-2,4-7,10-13H,3,8-9,14-15H2. The van der Waals surface area contributed by atoms with E-state index in [1.807, 2.05) is 36.4 Å². The average molecular weight is 296 g/mol. The number of rotatable bonds is 0. The van der Waals surface area contributed by atoms with Crippen LogP contribution in [-0.4, -0.2) is 0 Å². The van der Waals surface area contributed by atoms with Crippen molar-refractivity contribution in [3.05, 3.63) is 82.9 Å². The minimum absolute atomic E-state index is 1.05. The highest BCUT2D eigenvalue weighted by Crippen LogP contribution is 2.23. The molecule has 0 N–H and O–H groups in total. The van der Waals surface area contributed by atoms with Gasteiger partial charge >= 0.3 is 0 Å². The highest BCUT2D eigenvalue weighted by atomic mass is 14.1. The molecule has 0 amide bonds. The molecule has 23 heavy (non-hydrogen) atoms. The van der Waals surface area contributed by atoms with E-state index in [9.17, 15) is 0 Å². The minimum Gasteiger partial charge on any atom is -0.0651 e. The summed E-state index contributed by atoms with van der Waals surface area (Å²) in [5.41, 5.74) is 4.60. The molecule has 0 radical (unpaired) electrons. The van der Waals surface area contributed by atoms with Crippen LogP contribution >= 0.6 is 0 Å². The molecule has 1 aliphatic rings. The van der Waals surface area contributed by atoms with Crippen molar-refractivity contribution < 1.29 is 0 Å². The molecule has 0 bridgehead atoms. The van der Waals surface area contributed by atoms with Crippen LogP contribution in [0.4, 0.5) is 0 Å². The van der Waals surface area contributed by atoms with Crippen LogP contribution in [0.15, 0.2) is 71.8 Å². The maximum Gasteiger partial charge on any atom is 0.0248 e. The van der Waals surface area contributed by atoms with E-state index in [1.165, 1.54) is 30.4 Å². The van der Waals surface area contributed by atoms with Crippen molar-refractivity contribution in [1.82, 2.24) is 0 Å². The molecular weight excluding hydrogens is 276 g/mol. The van der Waals surface area contributed by atoms with Gasteiger partial charge in [0, 0.05) is 22.3 Å². The summed E-state index contributed by atoms with van der Waals surface area (Å²) in [6, 6.07) is 20.4. The second-order valence-corrected chi connectivity index (χ2v) is 5.75. The molecule has 3 rings (SSSR count). The molecule has 0 aliphatic heterocycles. The summed E-state index contributed by atoms with van der Waals surface area (Å²) < 4.78 is 0. The van der Waals surface area contributed by atoms with Crippen LogP contribution in [0.25, 0.3) is 0 Å². The predicted molar refractivity (Wildman–Crippen MR) is 96.8 cm³/mol. The monoisotopic (exact) mass is 296 g/mol. The zero-order valence-corrected chi connectivity index (χ0v) is 13.3. The fourth-order valence-electron chi connectivity index (χ4n) is 2.70. The van der Waals surface area contributed by atoms with E-state index in [0.29, 0.717) is 0 Å². The first kappa shape index (κ1) is 15.2. The number of hydrogen-bond acceptors (Lipinski definition) is 0. The van der Waals surface area contributed by atoms with Crippen LogP contribution in [0.1, 0.15) is 43.2 Å². The quantitative estimate of drug-likeness (QED) is 0.575. The Morgan fingerprint density at radius 3 is 1.35 bits per heavy atom. The molecule has 112 valence electrons. The van der Waals surface area contributed by atoms with Crippen LogP contribution < -0.4 is 0 Å². The fourth-order valence-corrected chi connectivity index (χ4v) is 2.70. The van der Waals surface area contributed by atoms with Gasteiger partial charge in [-0.05, 0) is 49.9 Å². The lowest BCUT2D eigenvalue weighted by Gasteiger charge is -2.00. The van der Waals surface area contributed by atoms with Gasteiger partial charge in [0.1, 0.15) is 0 Å². The molecule has 0 saturated carbocycles. The predicted octanol–water partition coefficient (Wildman–Crippen LogP) is 5.35. The second kappa shape index (κ2) is 8.07. The summed E-state index contributed by atoms with van der Waals surface area (Å²) >= 11 is 0. The third-order valence-electron chi connectivity index (χ3n) is 3.98. The summed E-state index contributed by atoms with van der Waals surface area (Å²) in [7, 11) is 0. The van der Waals surface area contributed by atoms with Crippen LogP contribution in [0.5, 0.6) is 0 Å². The Morgan fingerprint density at radius 1 is 0.478 bits per heavy atom. The fraction of sp³-hybridized carbons (Fsp3) is 0.217. The topological polar surface area (TPSA) is 0 Å². The van der Waals surface area contributed by atoms with Crippen molar-refractivity contribution in [1.29, 1.82) is 0 Å². The molecule has 0 heteroatoms. The largest absolute Gasteiger partial charge is 0.0651 e. The molecule has 0 aromatic heterocycles. The minimum atomic E-state index is 1.05. The van der Waals surface area contributed by atoms with Gasteiger partial charge in [0.2, 0.25) is 0 Å². The normalized spacial score (nSPS) is 14.1. The molecule has 0 saturated heterocycles. The first-order valence-electron chi connectivity index (χ1n) is 8.28. The van der Waals surface area contributed by atoms with E-state index >= 15 is 0 Å². The van der Waals surface area contributed by atoms with Crippen LogP contribution in [0.2, 0.25) is 0 Å². The lowest BCUT2D eigenvalue weighted by molar-refractivity contribution is 0.711. The summed E-state index contributed by atoms with van der Waals surface area (Å²) in [5, 5.41) is 0. The van der Waals surface area contributed by atoms with Crippen molar-refractivity contribution >= 4 is 0 Å². The Labute approximate surface area is 139 Å². The summed E-state index contributed by atoms with van der Waals surface area (Å²) in [4.78, 5) is 0. The Hall–Kier alpha value is -2.70. The molecule has 2 aromatic rings. The van der Waals surface area contributed by atoms with Crippen LogP contribution in [0.3, 0.4) is 0 Å².